The molecule has 4 aromatic rings. The van der Waals surface area contributed by atoms with E-state index in [4.69, 9.17) is 4.74 Å². The van der Waals surface area contributed by atoms with Gasteiger partial charge in [-0.1, -0.05) is 48.5 Å². The third-order valence-corrected chi connectivity index (χ3v) is 6.64. The lowest BCUT2D eigenvalue weighted by Crippen LogP contribution is -2.48. The Hall–Kier alpha value is -3.85. The Morgan fingerprint density at radius 2 is 1.83 bits per heavy atom. The van der Waals surface area contributed by atoms with Crippen molar-refractivity contribution in [2.45, 2.75) is 31.3 Å². The number of halogens is 1. The summed E-state index contributed by atoms with van der Waals surface area (Å²) in [6.07, 6.45) is 4.11. The summed E-state index contributed by atoms with van der Waals surface area (Å²) in [5, 5.41) is 7.70. The van der Waals surface area contributed by atoms with Gasteiger partial charge in [0.25, 0.3) is 5.56 Å². The number of aromatic nitrogens is 4. The number of ether oxygens (including phenoxy) is 1. The fourth-order valence-corrected chi connectivity index (χ4v) is 4.65. The zero-order chi connectivity index (χ0) is 24.3. The first-order valence-corrected chi connectivity index (χ1v) is 11.6. The van der Waals surface area contributed by atoms with Gasteiger partial charge in [-0.2, -0.15) is 5.10 Å². The van der Waals surface area contributed by atoms with Crippen LogP contribution in [0.3, 0.4) is 0 Å². The molecule has 2 aromatic carbocycles. The van der Waals surface area contributed by atoms with Crippen LogP contribution >= 0.6 is 0 Å². The maximum absolute atomic E-state index is 14.0. The third-order valence-electron chi connectivity index (χ3n) is 6.64. The van der Waals surface area contributed by atoms with Crippen molar-refractivity contribution >= 4 is 16.9 Å². The average Bonchev–Trinajstić information content (AvgIpc) is 3.31. The normalized spacial score (nSPS) is 15.2. The second-order valence-electron chi connectivity index (χ2n) is 8.69. The smallest absolute Gasteiger partial charge is 0.264 e. The summed E-state index contributed by atoms with van der Waals surface area (Å²) in [4.78, 5) is 30.6. The molecule has 0 unspecified atom stereocenters. The Morgan fingerprint density at radius 3 is 2.60 bits per heavy atom. The highest BCUT2D eigenvalue weighted by Crippen LogP contribution is 2.35. The highest BCUT2D eigenvalue weighted by Gasteiger charge is 2.41. The lowest BCUT2D eigenvalue weighted by molar-refractivity contribution is -0.130. The summed E-state index contributed by atoms with van der Waals surface area (Å²) in [5.74, 6) is -0.410. The third kappa shape index (κ3) is 4.46. The number of rotatable bonds is 7. The fourth-order valence-electron chi connectivity index (χ4n) is 4.65. The highest BCUT2D eigenvalue weighted by atomic mass is 19.1. The molecule has 1 N–H and O–H groups in total. The number of hydrogen-bond donors (Lipinski definition) is 1. The molecule has 0 aliphatic carbocycles. The van der Waals surface area contributed by atoms with E-state index in [0.29, 0.717) is 55.7 Å². The molecule has 0 bridgehead atoms. The van der Waals surface area contributed by atoms with E-state index in [0.717, 1.165) is 5.56 Å². The Bertz CT molecular complexity index is 1390. The second kappa shape index (κ2) is 9.79. The Labute approximate surface area is 201 Å². The van der Waals surface area contributed by atoms with Crippen molar-refractivity contribution < 1.29 is 13.9 Å². The first kappa shape index (κ1) is 22.9. The summed E-state index contributed by atoms with van der Waals surface area (Å²) >= 11 is 0. The molecule has 180 valence electrons. The molecule has 35 heavy (non-hydrogen) atoms. The van der Waals surface area contributed by atoms with Crippen LogP contribution in [0, 0.1) is 5.82 Å². The molecule has 5 rings (SSSR count). The van der Waals surface area contributed by atoms with E-state index >= 15 is 0 Å². The molecule has 9 heteroatoms. The van der Waals surface area contributed by atoms with Crippen LogP contribution in [-0.2, 0) is 28.0 Å². The van der Waals surface area contributed by atoms with E-state index in [1.54, 1.807) is 22.9 Å². The van der Waals surface area contributed by atoms with Gasteiger partial charge in [0, 0.05) is 25.3 Å². The lowest BCUT2D eigenvalue weighted by atomic mass is 9.73. The van der Waals surface area contributed by atoms with Gasteiger partial charge < -0.3 is 10.1 Å². The average molecular weight is 476 g/mol. The topological polar surface area (TPSA) is 91.0 Å². The fraction of sp³-hybridized carbons (Fsp3) is 0.308. The standard InChI is InChI=1S/C26H26FN5O3/c27-22-9-5-4-6-19(22)17-31-18-29-23-21(24(31)33)16-30-32(23)13-12-28-25(34)26(10-14-35-15-11-26)20-7-2-1-3-8-20/h1-9,16,18H,10-15,17H2,(H,28,34). The van der Waals surface area contributed by atoms with Crippen molar-refractivity contribution in [2.24, 2.45) is 0 Å². The maximum atomic E-state index is 14.0. The molecule has 1 saturated heterocycles. The van der Waals surface area contributed by atoms with Crippen molar-refractivity contribution in [1.82, 2.24) is 24.6 Å². The molecule has 0 saturated carbocycles. The molecule has 3 heterocycles. The van der Waals surface area contributed by atoms with E-state index < -0.39 is 5.41 Å². The number of nitrogens with one attached hydrogen (secondary N) is 1. The van der Waals surface area contributed by atoms with E-state index in [-0.39, 0.29) is 23.8 Å². The van der Waals surface area contributed by atoms with Crippen LogP contribution in [0.25, 0.3) is 11.0 Å². The predicted octanol–water partition coefficient (Wildman–Crippen LogP) is 2.64. The number of hydrogen-bond acceptors (Lipinski definition) is 5. The van der Waals surface area contributed by atoms with Crippen LogP contribution in [0.2, 0.25) is 0 Å². The first-order valence-electron chi connectivity index (χ1n) is 11.6. The summed E-state index contributed by atoms with van der Waals surface area (Å²) in [5.41, 5.74) is 0.912. The van der Waals surface area contributed by atoms with Crippen LogP contribution in [0.15, 0.2) is 71.9 Å². The molecule has 1 amide bonds. The van der Waals surface area contributed by atoms with Crippen LogP contribution in [-0.4, -0.2) is 45.0 Å². The molecule has 1 aliphatic heterocycles. The molecule has 0 spiro atoms. The van der Waals surface area contributed by atoms with Gasteiger partial charge in [-0.15, -0.1) is 0 Å². The minimum absolute atomic E-state index is 0.0383. The van der Waals surface area contributed by atoms with Crippen molar-refractivity contribution in [3.8, 4) is 0 Å². The number of carbonyl (C=O) groups excluding carboxylic acids is 1. The largest absolute Gasteiger partial charge is 0.381 e. The number of carbonyl (C=O) groups is 1. The van der Waals surface area contributed by atoms with Crippen LogP contribution in [0.1, 0.15) is 24.0 Å². The first-order chi connectivity index (χ1) is 17.1. The van der Waals surface area contributed by atoms with Crippen molar-refractivity contribution in [2.75, 3.05) is 19.8 Å². The Balaban J connectivity index is 1.30. The number of amides is 1. The Morgan fingerprint density at radius 1 is 1.09 bits per heavy atom. The van der Waals surface area contributed by atoms with Gasteiger partial charge in [-0.25, -0.2) is 14.1 Å². The lowest BCUT2D eigenvalue weighted by Gasteiger charge is -2.36. The van der Waals surface area contributed by atoms with E-state index in [2.05, 4.69) is 15.4 Å². The second-order valence-corrected chi connectivity index (χ2v) is 8.69. The molecular formula is C26H26FN5O3. The maximum Gasteiger partial charge on any atom is 0.264 e. The summed E-state index contributed by atoms with van der Waals surface area (Å²) in [6.45, 7) is 1.86. The van der Waals surface area contributed by atoms with Crippen LogP contribution in [0.4, 0.5) is 4.39 Å². The number of fused-ring (bicyclic) bond motifs is 1. The van der Waals surface area contributed by atoms with Gasteiger partial charge in [-0.05, 0) is 24.5 Å². The van der Waals surface area contributed by atoms with Gasteiger partial charge in [0.1, 0.15) is 17.5 Å². The van der Waals surface area contributed by atoms with Gasteiger partial charge >= 0.3 is 0 Å². The number of nitrogens with zero attached hydrogens (tertiary/aromatic N) is 4. The predicted molar refractivity (Wildman–Crippen MR) is 128 cm³/mol. The van der Waals surface area contributed by atoms with E-state index in [9.17, 15) is 14.0 Å². The zero-order valence-corrected chi connectivity index (χ0v) is 19.2. The van der Waals surface area contributed by atoms with E-state index in [1.807, 2.05) is 30.3 Å². The molecule has 8 nitrogen and oxygen atoms in total. The van der Waals surface area contributed by atoms with Crippen LogP contribution < -0.4 is 10.9 Å². The van der Waals surface area contributed by atoms with Crippen LogP contribution in [0.5, 0.6) is 0 Å². The van der Waals surface area contributed by atoms with Gasteiger partial charge in [0.2, 0.25) is 5.91 Å². The van der Waals surface area contributed by atoms with Crippen molar-refractivity contribution in [1.29, 1.82) is 0 Å². The molecular weight excluding hydrogens is 449 g/mol. The molecule has 1 fully saturated rings. The highest BCUT2D eigenvalue weighted by molar-refractivity contribution is 5.88. The van der Waals surface area contributed by atoms with Gasteiger partial charge in [0.15, 0.2) is 5.65 Å². The Kier molecular flexibility index (Phi) is 6.41. The summed E-state index contributed by atoms with van der Waals surface area (Å²) in [7, 11) is 0. The molecule has 2 aromatic heterocycles. The molecule has 1 aliphatic rings. The van der Waals surface area contributed by atoms with E-state index in [1.165, 1.54) is 23.2 Å². The minimum Gasteiger partial charge on any atom is -0.381 e. The quantitative estimate of drug-likeness (QED) is 0.444. The van der Waals surface area contributed by atoms with Crippen molar-refractivity contribution in [3.63, 3.8) is 0 Å². The monoisotopic (exact) mass is 475 g/mol. The number of benzene rings is 2. The van der Waals surface area contributed by atoms with Gasteiger partial charge in [-0.3, -0.25) is 14.2 Å². The minimum atomic E-state index is -0.621. The van der Waals surface area contributed by atoms with Crippen molar-refractivity contribution in [3.05, 3.63) is 94.4 Å². The SMILES string of the molecule is O=C(NCCn1ncc2c(=O)n(Cc3ccccc3F)cnc21)C1(c2ccccc2)CCOCC1. The summed E-state index contributed by atoms with van der Waals surface area (Å²) < 4.78 is 22.5. The molecule has 0 atom stereocenters. The van der Waals surface area contributed by atoms with Gasteiger partial charge in [0.05, 0.1) is 24.7 Å². The molecule has 0 radical (unpaired) electrons. The summed E-state index contributed by atoms with van der Waals surface area (Å²) in [6, 6.07) is 16.1. The zero-order valence-electron chi connectivity index (χ0n) is 19.2.